The molecule has 1 aliphatic heterocycles. The molecule has 176 valence electrons. The number of nitrogens with zero attached hydrogens (tertiary/aromatic N) is 3. The molecule has 4 aromatic rings. The maximum absolute atomic E-state index is 14.1. The van der Waals surface area contributed by atoms with Crippen molar-refractivity contribution in [1.82, 2.24) is 15.5 Å². The standard InChI is InChI=1S/C27H22ClFN4O2/c1-15-7-9-18(10-8-15)25-31-26(35-32-25)23-17(3)33(21-11-12-22(28)16(2)13-21)27(34)30-24(23)19-5-4-6-20(29)14-19/h4-14,24H,1-3H3,(H,30,34). The number of anilines is 1. The fraction of sp³-hybridized carbons (Fsp3) is 0.148. The molecule has 2 heterocycles. The highest BCUT2D eigenvalue weighted by Crippen LogP contribution is 2.39. The van der Waals surface area contributed by atoms with Gasteiger partial charge in [-0.25, -0.2) is 9.18 Å². The number of carbonyl (C=O) groups excluding carboxylic acids is 1. The number of benzene rings is 3. The van der Waals surface area contributed by atoms with E-state index in [-0.39, 0.29) is 11.9 Å². The van der Waals surface area contributed by atoms with E-state index in [1.165, 1.54) is 17.0 Å². The Morgan fingerprint density at radius 3 is 2.51 bits per heavy atom. The lowest BCUT2D eigenvalue weighted by atomic mass is 9.94. The molecular weight excluding hydrogens is 467 g/mol. The Bertz CT molecular complexity index is 1460. The van der Waals surface area contributed by atoms with Crippen LogP contribution < -0.4 is 10.2 Å². The number of carbonyl (C=O) groups is 1. The zero-order valence-electron chi connectivity index (χ0n) is 19.3. The highest BCUT2D eigenvalue weighted by Gasteiger charge is 2.36. The fourth-order valence-electron chi connectivity index (χ4n) is 4.19. The van der Waals surface area contributed by atoms with Crippen molar-refractivity contribution in [3.8, 4) is 11.4 Å². The first kappa shape index (κ1) is 22.8. The second-order valence-electron chi connectivity index (χ2n) is 8.49. The number of rotatable bonds is 4. The maximum atomic E-state index is 14.1. The monoisotopic (exact) mass is 488 g/mol. The van der Waals surface area contributed by atoms with Gasteiger partial charge in [-0.2, -0.15) is 4.98 Å². The van der Waals surface area contributed by atoms with E-state index in [4.69, 9.17) is 16.1 Å². The van der Waals surface area contributed by atoms with Gasteiger partial charge in [0.05, 0.1) is 17.3 Å². The summed E-state index contributed by atoms with van der Waals surface area (Å²) in [5.74, 6) is 0.252. The second kappa shape index (κ2) is 9.00. The first-order chi connectivity index (χ1) is 16.8. The first-order valence-corrected chi connectivity index (χ1v) is 11.4. The summed E-state index contributed by atoms with van der Waals surface area (Å²) in [7, 11) is 0. The van der Waals surface area contributed by atoms with E-state index in [1.807, 2.05) is 44.2 Å². The summed E-state index contributed by atoms with van der Waals surface area (Å²) < 4.78 is 19.8. The Hall–Kier alpha value is -3.97. The molecule has 8 heteroatoms. The molecule has 2 amide bonds. The van der Waals surface area contributed by atoms with Crippen LogP contribution in [0.5, 0.6) is 0 Å². The SMILES string of the molecule is CC1=C(c2nc(-c3ccc(C)cc3)no2)C(c2cccc(F)c2)NC(=O)N1c1ccc(Cl)c(C)c1. The van der Waals surface area contributed by atoms with Crippen molar-refractivity contribution in [3.63, 3.8) is 0 Å². The molecule has 1 aliphatic rings. The van der Waals surface area contributed by atoms with Crippen LogP contribution in [-0.2, 0) is 0 Å². The summed E-state index contributed by atoms with van der Waals surface area (Å²) >= 11 is 6.21. The van der Waals surface area contributed by atoms with Gasteiger partial charge in [-0.15, -0.1) is 0 Å². The van der Waals surface area contributed by atoms with Gasteiger partial charge < -0.3 is 9.84 Å². The minimum atomic E-state index is -0.686. The molecule has 1 aromatic heterocycles. The Morgan fingerprint density at radius 2 is 1.80 bits per heavy atom. The average molecular weight is 489 g/mol. The van der Waals surface area contributed by atoms with Crippen molar-refractivity contribution >= 4 is 28.9 Å². The number of allylic oxidation sites excluding steroid dienone is 1. The van der Waals surface area contributed by atoms with Gasteiger partial charge in [0.25, 0.3) is 5.89 Å². The molecule has 3 aromatic carbocycles. The Kier molecular flexibility index (Phi) is 5.86. The Morgan fingerprint density at radius 1 is 1.03 bits per heavy atom. The molecule has 0 saturated heterocycles. The zero-order valence-corrected chi connectivity index (χ0v) is 20.1. The lowest BCUT2D eigenvalue weighted by molar-refractivity contribution is 0.244. The molecule has 0 aliphatic carbocycles. The summed E-state index contributed by atoms with van der Waals surface area (Å²) in [6.07, 6.45) is 0. The number of aryl methyl sites for hydroxylation is 2. The molecule has 0 saturated carbocycles. The van der Waals surface area contributed by atoms with Crippen molar-refractivity contribution in [2.45, 2.75) is 26.8 Å². The third-order valence-electron chi connectivity index (χ3n) is 6.03. The van der Waals surface area contributed by atoms with Crippen LogP contribution in [0, 0.1) is 19.7 Å². The van der Waals surface area contributed by atoms with Gasteiger partial charge in [-0.05, 0) is 62.2 Å². The highest BCUT2D eigenvalue weighted by molar-refractivity contribution is 6.31. The van der Waals surface area contributed by atoms with Crippen LogP contribution in [0.15, 0.2) is 77.0 Å². The minimum absolute atomic E-state index is 0.239. The zero-order chi connectivity index (χ0) is 24.7. The van der Waals surface area contributed by atoms with Crippen LogP contribution in [0.3, 0.4) is 0 Å². The lowest BCUT2D eigenvalue weighted by Gasteiger charge is -2.35. The maximum Gasteiger partial charge on any atom is 0.326 e. The van der Waals surface area contributed by atoms with E-state index in [9.17, 15) is 9.18 Å². The predicted molar refractivity (Wildman–Crippen MR) is 133 cm³/mol. The molecule has 1 unspecified atom stereocenters. The van der Waals surface area contributed by atoms with Crippen LogP contribution in [-0.4, -0.2) is 16.2 Å². The van der Waals surface area contributed by atoms with Gasteiger partial charge in [0.15, 0.2) is 0 Å². The molecule has 0 radical (unpaired) electrons. The summed E-state index contributed by atoms with van der Waals surface area (Å²) in [6, 6.07) is 18.2. The second-order valence-corrected chi connectivity index (χ2v) is 8.90. The van der Waals surface area contributed by atoms with Gasteiger partial charge in [-0.3, -0.25) is 4.90 Å². The fourth-order valence-corrected chi connectivity index (χ4v) is 4.31. The molecule has 35 heavy (non-hydrogen) atoms. The van der Waals surface area contributed by atoms with E-state index in [2.05, 4.69) is 15.5 Å². The molecular formula is C27H22ClFN4O2. The number of halogens is 2. The minimum Gasteiger partial charge on any atom is -0.334 e. The van der Waals surface area contributed by atoms with Crippen molar-refractivity contribution < 1.29 is 13.7 Å². The first-order valence-electron chi connectivity index (χ1n) is 11.1. The summed E-state index contributed by atoms with van der Waals surface area (Å²) in [6.45, 7) is 5.68. The summed E-state index contributed by atoms with van der Waals surface area (Å²) in [4.78, 5) is 19.5. The van der Waals surface area contributed by atoms with Crippen LogP contribution in [0.2, 0.25) is 5.02 Å². The van der Waals surface area contributed by atoms with Gasteiger partial charge >= 0.3 is 6.03 Å². The Balaban J connectivity index is 1.66. The number of urea groups is 1. The van der Waals surface area contributed by atoms with Crippen LogP contribution >= 0.6 is 11.6 Å². The topological polar surface area (TPSA) is 71.3 Å². The number of aromatic nitrogens is 2. The molecule has 1 N–H and O–H groups in total. The van der Waals surface area contributed by atoms with E-state index in [0.717, 1.165) is 16.7 Å². The molecule has 6 nitrogen and oxygen atoms in total. The largest absolute Gasteiger partial charge is 0.334 e. The Labute approximate surface area is 207 Å². The normalized spacial score (nSPS) is 16.0. The molecule has 5 rings (SSSR count). The van der Waals surface area contributed by atoms with Gasteiger partial charge in [-0.1, -0.05) is 58.7 Å². The summed E-state index contributed by atoms with van der Waals surface area (Å²) in [5.41, 5.74) is 5.11. The highest BCUT2D eigenvalue weighted by atomic mass is 35.5. The smallest absolute Gasteiger partial charge is 0.326 e. The number of hydrogen-bond acceptors (Lipinski definition) is 4. The summed E-state index contributed by atoms with van der Waals surface area (Å²) in [5, 5.41) is 7.75. The van der Waals surface area contributed by atoms with Crippen molar-refractivity contribution in [1.29, 1.82) is 0 Å². The van der Waals surface area contributed by atoms with Gasteiger partial charge in [0.1, 0.15) is 5.82 Å². The van der Waals surface area contributed by atoms with Gasteiger partial charge in [0.2, 0.25) is 5.82 Å². The van der Waals surface area contributed by atoms with E-state index >= 15 is 0 Å². The number of nitrogens with one attached hydrogen (secondary N) is 1. The molecule has 0 bridgehead atoms. The number of amides is 2. The van der Waals surface area contributed by atoms with Crippen LogP contribution in [0.4, 0.5) is 14.9 Å². The molecule has 0 fully saturated rings. The predicted octanol–water partition coefficient (Wildman–Crippen LogP) is 6.85. The van der Waals surface area contributed by atoms with Crippen molar-refractivity contribution in [3.05, 3.63) is 106 Å². The number of hydrogen-bond donors (Lipinski definition) is 1. The lowest BCUT2D eigenvalue weighted by Crippen LogP contribution is -2.46. The molecule has 0 spiro atoms. The molecule has 1 atom stereocenters. The van der Waals surface area contributed by atoms with Crippen molar-refractivity contribution in [2.24, 2.45) is 0 Å². The third-order valence-corrected chi connectivity index (χ3v) is 6.46. The van der Waals surface area contributed by atoms with E-state index in [1.54, 1.807) is 31.2 Å². The van der Waals surface area contributed by atoms with Crippen LogP contribution in [0.25, 0.3) is 17.0 Å². The third kappa shape index (κ3) is 4.31. The van der Waals surface area contributed by atoms with Gasteiger partial charge in [0, 0.05) is 16.3 Å². The average Bonchev–Trinajstić information content (AvgIpc) is 3.31. The van der Waals surface area contributed by atoms with Crippen molar-refractivity contribution in [2.75, 3.05) is 4.90 Å². The van der Waals surface area contributed by atoms with E-state index in [0.29, 0.717) is 33.4 Å². The van der Waals surface area contributed by atoms with E-state index < -0.39 is 11.9 Å². The quantitative estimate of drug-likeness (QED) is 0.341. The van der Waals surface area contributed by atoms with Crippen LogP contribution in [0.1, 0.15) is 35.5 Å².